The van der Waals surface area contributed by atoms with Crippen molar-refractivity contribution < 1.29 is 33.4 Å². The zero-order valence-electron chi connectivity index (χ0n) is 39.4. The molecule has 3 aliphatic rings. The SMILES string of the molecule is CCC1OC(C)c2c(-c3cnc(C4CC(C)(C)CN4C(=O)[C@@H](NC(=O)OC)C(C)C)[nH]3)ccc(-c3ccc(-c4cnc([C@@H]5CC(C)(C)CN5C(=O)[C@@H](NC(=O)OC)C(C)C)[nH]4)cc3)c21. The summed E-state index contributed by atoms with van der Waals surface area (Å²) in [6.07, 6.45) is 4.38. The fourth-order valence-electron chi connectivity index (χ4n) is 9.96. The molecule has 15 heteroatoms. The average molecular weight is 879 g/mol. The number of carbonyl (C=O) groups excluding carboxylic acids is 4. The van der Waals surface area contributed by atoms with Crippen LogP contribution in [0.4, 0.5) is 9.59 Å². The van der Waals surface area contributed by atoms with Gasteiger partial charge in [0.1, 0.15) is 23.7 Å². The molecule has 7 rings (SSSR count). The van der Waals surface area contributed by atoms with Gasteiger partial charge in [-0.1, -0.05) is 98.7 Å². The van der Waals surface area contributed by atoms with Crippen molar-refractivity contribution in [2.24, 2.45) is 22.7 Å². The molecule has 15 nitrogen and oxygen atoms in total. The van der Waals surface area contributed by atoms with Gasteiger partial charge in [0.25, 0.3) is 0 Å². The number of hydrogen-bond acceptors (Lipinski definition) is 9. The van der Waals surface area contributed by atoms with E-state index in [9.17, 15) is 19.2 Å². The number of hydrogen-bond donors (Lipinski definition) is 4. The molecule has 344 valence electrons. The minimum Gasteiger partial charge on any atom is -0.453 e. The first-order chi connectivity index (χ1) is 30.3. The highest BCUT2D eigenvalue weighted by atomic mass is 16.5. The van der Waals surface area contributed by atoms with E-state index in [1.54, 1.807) is 0 Å². The molecule has 2 aromatic heterocycles. The van der Waals surface area contributed by atoms with Gasteiger partial charge in [0, 0.05) is 18.7 Å². The van der Waals surface area contributed by atoms with E-state index in [1.165, 1.54) is 14.2 Å². The first-order valence-corrected chi connectivity index (χ1v) is 22.6. The first kappa shape index (κ1) is 46.3. The van der Waals surface area contributed by atoms with Crippen LogP contribution in [0.5, 0.6) is 0 Å². The van der Waals surface area contributed by atoms with Gasteiger partial charge in [-0.05, 0) is 76.7 Å². The highest BCUT2D eigenvalue weighted by Gasteiger charge is 2.46. The Morgan fingerprint density at radius 3 is 1.64 bits per heavy atom. The number of rotatable bonds is 12. The van der Waals surface area contributed by atoms with Gasteiger partial charge in [-0.3, -0.25) is 9.59 Å². The third kappa shape index (κ3) is 9.13. The molecule has 0 saturated carbocycles. The Kier molecular flexibility index (Phi) is 13.1. The van der Waals surface area contributed by atoms with Crippen LogP contribution in [0.2, 0.25) is 0 Å². The molecule has 3 aliphatic heterocycles. The molecule has 64 heavy (non-hydrogen) atoms. The van der Waals surface area contributed by atoms with Crippen LogP contribution in [0.25, 0.3) is 33.6 Å². The number of imidazole rings is 2. The first-order valence-electron chi connectivity index (χ1n) is 22.6. The molecule has 2 saturated heterocycles. The number of aromatic amines is 2. The second-order valence-electron chi connectivity index (χ2n) is 20.0. The standard InChI is InChI=1S/C49H66N8O7/c1-13-37-39-31(29-14-16-30(17-15-29)33-22-50-42(52-33)35-20-48(7,8)24-56(35)44(58)40(26(2)3)54-46(60)62-11)18-19-32(38(39)28(6)64-37)34-23-51-43(53-34)36-21-49(9,10)25-57(36)45(59)41(27(4)5)55-47(61)63-12/h14-19,22-23,26-28,35-37,40-41H,13,20-21,24-25H2,1-12H3,(H,50,52)(H,51,53)(H,54,60)(H,55,61)/t28?,35-,36?,37?,40-,41-/m0/s1. The molecule has 3 unspecified atom stereocenters. The Morgan fingerprint density at radius 2 is 1.17 bits per heavy atom. The molecular formula is C49H66N8O7. The van der Waals surface area contributed by atoms with Crippen molar-refractivity contribution in [2.75, 3.05) is 27.3 Å². The third-order valence-electron chi connectivity index (χ3n) is 13.2. The van der Waals surface area contributed by atoms with Crippen LogP contribution in [-0.2, 0) is 23.8 Å². The van der Waals surface area contributed by atoms with E-state index in [0.29, 0.717) is 31.2 Å². The molecule has 6 atom stereocenters. The predicted octanol–water partition coefficient (Wildman–Crippen LogP) is 9.04. The number of alkyl carbamates (subject to hydrolysis) is 2. The zero-order valence-corrected chi connectivity index (χ0v) is 39.4. The van der Waals surface area contributed by atoms with Gasteiger partial charge in [-0.2, -0.15) is 0 Å². The maximum Gasteiger partial charge on any atom is 0.407 e. The molecule has 4 aromatic rings. The van der Waals surface area contributed by atoms with Crippen LogP contribution >= 0.6 is 0 Å². The maximum atomic E-state index is 14.1. The van der Waals surface area contributed by atoms with Crippen molar-refractivity contribution in [3.63, 3.8) is 0 Å². The number of amides is 4. The van der Waals surface area contributed by atoms with Gasteiger partial charge in [-0.25, -0.2) is 19.6 Å². The summed E-state index contributed by atoms with van der Waals surface area (Å²) >= 11 is 0. The van der Waals surface area contributed by atoms with Crippen molar-refractivity contribution >= 4 is 24.0 Å². The van der Waals surface area contributed by atoms with Gasteiger partial charge in [0.15, 0.2) is 0 Å². The Hall–Kier alpha value is -5.70. The van der Waals surface area contributed by atoms with Crippen LogP contribution < -0.4 is 10.6 Å². The van der Waals surface area contributed by atoms with Gasteiger partial charge in [0.2, 0.25) is 11.8 Å². The lowest BCUT2D eigenvalue weighted by Gasteiger charge is -2.30. The van der Waals surface area contributed by atoms with Crippen molar-refractivity contribution in [1.82, 2.24) is 40.4 Å². The molecule has 4 N–H and O–H groups in total. The van der Waals surface area contributed by atoms with Crippen molar-refractivity contribution in [1.29, 1.82) is 0 Å². The summed E-state index contributed by atoms with van der Waals surface area (Å²) in [5.41, 5.74) is 7.79. The molecule has 2 aromatic carbocycles. The quantitative estimate of drug-likeness (QED) is 0.108. The molecule has 0 bridgehead atoms. The number of benzene rings is 2. The monoisotopic (exact) mass is 879 g/mol. The Labute approximate surface area is 376 Å². The van der Waals surface area contributed by atoms with Crippen LogP contribution in [0.15, 0.2) is 48.8 Å². The minimum absolute atomic E-state index is 0.101. The van der Waals surface area contributed by atoms with E-state index in [-0.39, 0.29) is 58.8 Å². The van der Waals surface area contributed by atoms with E-state index in [4.69, 9.17) is 24.2 Å². The lowest BCUT2D eigenvalue weighted by Crippen LogP contribution is -2.51. The molecule has 0 aliphatic carbocycles. The lowest BCUT2D eigenvalue weighted by atomic mass is 9.87. The molecule has 5 heterocycles. The normalized spacial score (nSPS) is 22.1. The molecule has 4 amide bonds. The third-order valence-corrected chi connectivity index (χ3v) is 13.2. The number of nitrogens with one attached hydrogen (secondary N) is 4. The summed E-state index contributed by atoms with van der Waals surface area (Å²) in [5, 5.41) is 5.49. The number of fused-ring (bicyclic) bond motifs is 1. The molecular weight excluding hydrogens is 813 g/mol. The highest BCUT2D eigenvalue weighted by Crippen LogP contribution is 2.50. The second kappa shape index (κ2) is 18.1. The Morgan fingerprint density at radius 1 is 0.719 bits per heavy atom. The summed E-state index contributed by atoms with van der Waals surface area (Å²) in [5.74, 6) is 0.813. The van der Waals surface area contributed by atoms with Gasteiger partial charge in [-0.15, -0.1) is 0 Å². The molecule has 0 spiro atoms. The lowest BCUT2D eigenvalue weighted by molar-refractivity contribution is -0.136. The van der Waals surface area contributed by atoms with Crippen molar-refractivity contribution in [2.45, 2.75) is 125 Å². The largest absolute Gasteiger partial charge is 0.453 e. The molecule has 0 radical (unpaired) electrons. The van der Waals surface area contributed by atoms with E-state index < -0.39 is 24.3 Å². The summed E-state index contributed by atoms with van der Waals surface area (Å²) in [7, 11) is 2.59. The fraction of sp³-hybridized carbons (Fsp3) is 0.551. The van der Waals surface area contributed by atoms with Crippen LogP contribution in [0.1, 0.15) is 136 Å². The number of carbonyl (C=O) groups is 4. The van der Waals surface area contributed by atoms with E-state index in [0.717, 1.165) is 57.6 Å². The number of H-pyrrole nitrogens is 2. The van der Waals surface area contributed by atoms with Gasteiger partial charge >= 0.3 is 12.2 Å². The van der Waals surface area contributed by atoms with Gasteiger partial charge in [0.05, 0.1) is 62.3 Å². The topological polar surface area (TPSA) is 184 Å². The minimum atomic E-state index is -0.737. The summed E-state index contributed by atoms with van der Waals surface area (Å²) in [6, 6.07) is 10.7. The summed E-state index contributed by atoms with van der Waals surface area (Å²) in [6.45, 7) is 21.5. The van der Waals surface area contributed by atoms with E-state index in [2.05, 4.69) is 98.5 Å². The average Bonchev–Trinajstić information content (AvgIpc) is 4.11. The van der Waals surface area contributed by atoms with Crippen molar-refractivity contribution in [3.05, 3.63) is 71.6 Å². The van der Waals surface area contributed by atoms with Crippen LogP contribution in [-0.4, -0.2) is 93.1 Å². The van der Waals surface area contributed by atoms with Crippen molar-refractivity contribution in [3.8, 4) is 33.6 Å². The van der Waals surface area contributed by atoms with E-state index in [1.807, 2.05) is 49.9 Å². The number of methoxy groups -OCH3 is 2. The zero-order chi connectivity index (χ0) is 46.4. The Balaban J connectivity index is 1.15. The smallest absolute Gasteiger partial charge is 0.407 e. The maximum absolute atomic E-state index is 14.1. The fourth-order valence-corrected chi connectivity index (χ4v) is 9.96. The highest BCUT2D eigenvalue weighted by molar-refractivity contribution is 5.87. The van der Waals surface area contributed by atoms with Gasteiger partial charge < -0.3 is 44.6 Å². The predicted molar refractivity (Wildman–Crippen MR) is 244 cm³/mol. The summed E-state index contributed by atoms with van der Waals surface area (Å²) in [4.78, 5) is 72.9. The summed E-state index contributed by atoms with van der Waals surface area (Å²) < 4.78 is 16.3. The molecule has 2 fully saturated rings. The number of aromatic nitrogens is 4. The van der Waals surface area contributed by atoms with E-state index >= 15 is 0 Å². The second-order valence-corrected chi connectivity index (χ2v) is 20.0. The van der Waals surface area contributed by atoms with Crippen LogP contribution in [0.3, 0.4) is 0 Å². The number of nitrogens with zero attached hydrogens (tertiary/aromatic N) is 4. The number of ether oxygens (including phenoxy) is 3. The number of likely N-dealkylation sites (tertiary alicyclic amines) is 2. The Bertz CT molecular complexity index is 2370. The van der Waals surface area contributed by atoms with Crippen LogP contribution in [0, 0.1) is 22.7 Å².